The van der Waals surface area contributed by atoms with Gasteiger partial charge in [0.25, 0.3) is 0 Å². The predicted molar refractivity (Wildman–Crippen MR) is 73.6 cm³/mol. The lowest BCUT2D eigenvalue weighted by atomic mass is 9.97. The highest BCUT2D eigenvalue weighted by atomic mass is 32.2. The molecule has 1 aromatic carbocycles. The second-order valence-electron chi connectivity index (χ2n) is 5.67. The normalized spacial score (nSPS) is 13.0. The minimum Gasteiger partial charge on any atom is -0.326 e. The van der Waals surface area contributed by atoms with E-state index in [0.29, 0.717) is 18.0 Å². The summed E-state index contributed by atoms with van der Waals surface area (Å²) in [5, 5.41) is 0. The van der Waals surface area contributed by atoms with Crippen LogP contribution in [0, 0.1) is 5.41 Å². The number of benzene rings is 1. The van der Waals surface area contributed by atoms with E-state index in [1.165, 1.54) is 4.31 Å². The predicted octanol–water partition coefficient (Wildman–Crippen LogP) is 1.81. The summed E-state index contributed by atoms with van der Waals surface area (Å²) in [5.74, 6) is 0. The van der Waals surface area contributed by atoms with E-state index in [1.54, 1.807) is 25.2 Å². The Morgan fingerprint density at radius 3 is 2.39 bits per heavy atom. The lowest BCUT2D eigenvalue weighted by Gasteiger charge is -2.26. The first-order valence-electron chi connectivity index (χ1n) is 5.92. The molecule has 2 N–H and O–H groups in total. The Kier molecular flexibility index (Phi) is 4.53. The molecule has 0 unspecified atom stereocenters. The summed E-state index contributed by atoms with van der Waals surface area (Å²) in [4.78, 5) is 0.303. The highest BCUT2D eigenvalue weighted by Crippen LogP contribution is 2.21. The van der Waals surface area contributed by atoms with E-state index in [-0.39, 0.29) is 5.41 Å². The largest absolute Gasteiger partial charge is 0.326 e. The fraction of sp³-hybridized carbons (Fsp3) is 0.538. The maximum absolute atomic E-state index is 12.4. The van der Waals surface area contributed by atoms with Gasteiger partial charge < -0.3 is 5.73 Å². The summed E-state index contributed by atoms with van der Waals surface area (Å²) >= 11 is 0. The van der Waals surface area contributed by atoms with Crippen molar-refractivity contribution in [3.8, 4) is 0 Å². The zero-order valence-corrected chi connectivity index (χ0v) is 12.3. The van der Waals surface area contributed by atoms with E-state index in [4.69, 9.17) is 5.73 Å². The van der Waals surface area contributed by atoms with Gasteiger partial charge in [-0.3, -0.25) is 0 Å². The van der Waals surface area contributed by atoms with Crippen LogP contribution in [0.2, 0.25) is 0 Å². The summed E-state index contributed by atoms with van der Waals surface area (Å²) in [7, 11) is -1.82. The van der Waals surface area contributed by atoms with E-state index >= 15 is 0 Å². The Hall–Kier alpha value is -0.910. The van der Waals surface area contributed by atoms with Crippen molar-refractivity contribution in [2.45, 2.75) is 32.2 Å². The minimum atomic E-state index is -3.43. The van der Waals surface area contributed by atoms with Crippen LogP contribution in [-0.4, -0.2) is 26.3 Å². The molecule has 0 fully saturated rings. The molecule has 1 rings (SSSR count). The summed E-state index contributed by atoms with van der Waals surface area (Å²) in [6, 6.07) is 6.78. The monoisotopic (exact) mass is 270 g/mol. The van der Waals surface area contributed by atoms with E-state index in [0.717, 1.165) is 5.56 Å². The highest BCUT2D eigenvalue weighted by molar-refractivity contribution is 7.89. The van der Waals surface area contributed by atoms with E-state index in [9.17, 15) is 8.42 Å². The Morgan fingerprint density at radius 1 is 1.28 bits per heavy atom. The smallest absolute Gasteiger partial charge is 0.242 e. The Morgan fingerprint density at radius 2 is 1.89 bits per heavy atom. The highest BCUT2D eigenvalue weighted by Gasteiger charge is 2.25. The van der Waals surface area contributed by atoms with Crippen LogP contribution >= 0.6 is 0 Å². The van der Waals surface area contributed by atoms with Crippen LogP contribution < -0.4 is 5.73 Å². The second kappa shape index (κ2) is 5.38. The molecular formula is C13H22N2O2S. The van der Waals surface area contributed by atoms with Crippen molar-refractivity contribution in [3.05, 3.63) is 29.8 Å². The second-order valence-corrected chi connectivity index (χ2v) is 7.72. The van der Waals surface area contributed by atoms with Crippen LogP contribution in [0.25, 0.3) is 0 Å². The van der Waals surface area contributed by atoms with Gasteiger partial charge in [-0.05, 0) is 23.1 Å². The van der Waals surface area contributed by atoms with Crippen molar-refractivity contribution in [3.63, 3.8) is 0 Å². The first-order chi connectivity index (χ1) is 8.16. The molecule has 0 bridgehead atoms. The number of hydrogen-bond donors (Lipinski definition) is 1. The van der Waals surface area contributed by atoms with Crippen molar-refractivity contribution in [2.75, 3.05) is 13.6 Å². The molecule has 18 heavy (non-hydrogen) atoms. The van der Waals surface area contributed by atoms with Gasteiger partial charge >= 0.3 is 0 Å². The average molecular weight is 270 g/mol. The van der Waals surface area contributed by atoms with Gasteiger partial charge in [0.15, 0.2) is 0 Å². The minimum absolute atomic E-state index is 0.0761. The van der Waals surface area contributed by atoms with Crippen molar-refractivity contribution in [1.29, 1.82) is 0 Å². The number of hydrogen-bond acceptors (Lipinski definition) is 3. The molecular weight excluding hydrogens is 248 g/mol. The van der Waals surface area contributed by atoms with Gasteiger partial charge in [-0.2, -0.15) is 0 Å². The topological polar surface area (TPSA) is 63.4 Å². The SMILES string of the molecule is CN(CC(C)(C)C)S(=O)(=O)c1cccc(CN)c1. The summed E-state index contributed by atoms with van der Waals surface area (Å²) in [6.07, 6.45) is 0. The molecule has 0 saturated carbocycles. The Bertz CT molecular complexity index is 504. The van der Waals surface area contributed by atoms with Crippen molar-refractivity contribution >= 4 is 10.0 Å². The third-order valence-electron chi connectivity index (χ3n) is 2.54. The lowest BCUT2D eigenvalue weighted by Crippen LogP contribution is -2.34. The standard InChI is InChI=1S/C13H22N2O2S/c1-13(2,3)10-15(4)18(16,17)12-7-5-6-11(8-12)9-14/h5-8H,9-10,14H2,1-4H3. The first-order valence-corrected chi connectivity index (χ1v) is 7.36. The molecule has 102 valence electrons. The Balaban J connectivity index is 3.05. The number of sulfonamides is 1. The third kappa shape index (κ3) is 3.80. The summed E-state index contributed by atoms with van der Waals surface area (Å²) in [6.45, 7) is 6.84. The molecule has 0 radical (unpaired) electrons. The molecule has 0 aromatic heterocycles. The van der Waals surface area contributed by atoms with Gasteiger partial charge in [-0.25, -0.2) is 12.7 Å². The third-order valence-corrected chi connectivity index (χ3v) is 4.34. The molecule has 0 atom stereocenters. The van der Waals surface area contributed by atoms with Crippen molar-refractivity contribution in [2.24, 2.45) is 11.1 Å². The molecule has 1 aromatic rings. The molecule has 0 aliphatic heterocycles. The quantitative estimate of drug-likeness (QED) is 0.907. The van der Waals surface area contributed by atoms with Crippen LogP contribution in [0.1, 0.15) is 26.3 Å². The van der Waals surface area contributed by atoms with Gasteiger partial charge in [0.1, 0.15) is 0 Å². The van der Waals surface area contributed by atoms with Crippen LogP contribution in [0.3, 0.4) is 0 Å². The van der Waals surface area contributed by atoms with Crippen LogP contribution in [0.15, 0.2) is 29.2 Å². The number of nitrogens with two attached hydrogens (primary N) is 1. The maximum atomic E-state index is 12.4. The molecule has 0 amide bonds. The zero-order chi connectivity index (χ0) is 14.0. The molecule has 0 aliphatic rings. The molecule has 5 heteroatoms. The van der Waals surface area contributed by atoms with Crippen LogP contribution in [0.5, 0.6) is 0 Å². The summed E-state index contributed by atoms with van der Waals surface area (Å²) < 4.78 is 26.1. The van der Waals surface area contributed by atoms with E-state index in [1.807, 2.05) is 26.8 Å². The molecule has 0 spiro atoms. The number of rotatable bonds is 4. The van der Waals surface area contributed by atoms with Gasteiger partial charge in [0.2, 0.25) is 10.0 Å². The van der Waals surface area contributed by atoms with Gasteiger partial charge in [-0.1, -0.05) is 32.9 Å². The number of nitrogens with zero attached hydrogens (tertiary/aromatic N) is 1. The fourth-order valence-corrected chi connectivity index (χ4v) is 3.23. The first kappa shape index (κ1) is 15.1. The zero-order valence-electron chi connectivity index (χ0n) is 11.5. The summed E-state index contributed by atoms with van der Waals surface area (Å²) in [5.41, 5.74) is 6.27. The van der Waals surface area contributed by atoms with Crippen LogP contribution in [-0.2, 0) is 16.6 Å². The van der Waals surface area contributed by atoms with E-state index < -0.39 is 10.0 Å². The van der Waals surface area contributed by atoms with Gasteiger partial charge in [-0.15, -0.1) is 0 Å². The molecule has 4 nitrogen and oxygen atoms in total. The molecule has 0 heterocycles. The molecule has 0 saturated heterocycles. The Labute approximate surface area is 110 Å². The van der Waals surface area contributed by atoms with Crippen molar-refractivity contribution in [1.82, 2.24) is 4.31 Å². The lowest BCUT2D eigenvalue weighted by molar-refractivity contribution is 0.311. The maximum Gasteiger partial charge on any atom is 0.242 e. The van der Waals surface area contributed by atoms with E-state index in [2.05, 4.69) is 0 Å². The van der Waals surface area contributed by atoms with Gasteiger partial charge in [0, 0.05) is 20.1 Å². The fourth-order valence-electron chi connectivity index (χ4n) is 1.77. The molecule has 0 aliphatic carbocycles. The van der Waals surface area contributed by atoms with Gasteiger partial charge in [0.05, 0.1) is 4.90 Å². The van der Waals surface area contributed by atoms with Crippen molar-refractivity contribution < 1.29 is 8.42 Å². The average Bonchev–Trinajstić information content (AvgIpc) is 2.27. The van der Waals surface area contributed by atoms with Crippen LogP contribution in [0.4, 0.5) is 0 Å².